The number of thiophene rings is 1. The molecule has 0 aliphatic carbocycles. The fraction of sp³-hybridized carbons (Fsp3) is 0.0800. The molecule has 0 atom stereocenters. The Hall–Kier alpha value is -4.17. The number of carboxylic acids is 1. The van der Waals surface area contributed by atoms with Crippen LogP contribution < -0.4 is 10.1 Å². The van der Waals surface area contributed by atoms with Gasteiger partial charge in [-0.25, -0.2) is 4.79 Å². The number of amides is 1. The first-order valence-electron chi connectivity index (χ1n) is 10.1. The molecule has 5 rings (SSSR count). The first-order chi connectivity index (χ1) is 16.0. The molecule has 0 aliphatic heterocycles. The molecule has 0 unspecified atom stereocenters. The number of rotatable bonds is 5. The summed E-state index contributed by atoms with van der Waals surface area (Å²) in [6, 6.07) is 17.1. The Morgan fingerprint density at radius 2 is 1.88 bits per heavy atom. The van der Waals surface area contributed by atoms with Crippen molar-refractivity contribution in [2.24, 2.45) is 7.05 Å². The molecule has 0 aliphatic rings. The second-order valence-corrected chi connectivity index (χ2v) is 8.59. The minimum Gasteiger partial charge on any atom is -0.495 e. The highest BCUT2D eigenvalue weighted by molar-refractivity contribution is 7.22. The highest BCUT2D eigenvalue weighted by Gasteiger charge is 2.17. The third-order valence-electron chi connectivity index (χ3n) is 5.57. The lowest BCUT2D eigenvalue weighted by Crippen LogP contribution is -2.16. The number of aromatic nitrogens is 2. The van der Waals surface area contributed by atoms with E-state index < -0.39 is 5.97 Å². The maximum absolute atomic E-state index is 13.0. The second-order valence-electron chi connectivity index (χ2n) is 7.54. The molecule has 164 valence electrons. The van der Waals surface area contributed by atoms with E-state index in [1.165, 1.54) is 17.5 Å². The fourth-order valence-electron chi connectivity index (χ4n) is 3.90. The van der Waals surface area contributed by atoms with Crippen molar-refractivity contribution in [3.8, 4) is 16.2 Å². The molecule has 3 heterocycles. The number of anilines is 1. The lowest BCUT2D eigenvalue weighted by Gasteiger charge is -2.12. The topological polar surface area (TPSA) is 93.5 Å². The van der Waals surface area contributed by atoms with Crippen LogP contribution in [-0.4, -0.2) is 33.6 Å². The number of nitrogens with one attached hydrogen (secondary N) is 1. The van der Waals surface area contributed by atoms with E-state index in [9.17, 15) is 14.7 Å². The van der Waals surface area contributed by atoms with Crippen molar-refractivity contribution in [2.45, 2.75) is 0 Å². The predicted molar refractivity (Wildman–Crippen MR) is 129 cm³/mol. The lowest BCUT2D eigenvalue weighted by atomic mass is 10.1. The molecule has 0 bridgehead atoms. The van der Waals surface area contributed by atoms with Crippen molar-refractivity contribution in [3.05, 3.63) is 78.2 Å². The summed E-state index contributed by atoms with van der Waals surface area (Å²) in [5.41, 5.74) is 3.09. The molecular weight excluding hydrogens is 438 g/mol. The summed E-state index contributed by atoms with van der Waals surface area (Å²) >= 11 is 1.38. The predicted octanol–water partition coefficient (Wildman–Crippen LogP) is 5.41. The number of fused-ring (bicyclic) bond motifs is 2. The second kappa shape index (κ2) is 8.07. The first kappa shape index (κ1) is 20.7. The van der Waals surface area contributed by atoms with Crippen LogP contribution in [0.3, 0.4) is 0 Å². The first-order valence-corrected chi connectivity index (χ1v) is 10.9. The zero-order valence-corrected chi connectivity index (χ0v) is 18.6. The van der Waals surface area contributed by atoms with Crippen molar-refractivity contribution >= 4 is 49.9 Å². The minimum absolute atomic E-state index is 0.176. The van der Waals surface area contributed by atoms with Gasteiger partial charge >= 0.3 is 5.97 Å². The Morgan fingerprint density at radius 3 is 2.64 bits per heavy atom. The highest BCUT2D eigenvalue weighted by Crippen LogP contribution is 2.38. The van der Waals surface area contributed by atoms with Crippen LogP contribution in [0.4, 0.5) is 5.69 Å². The van der Waals surface area contributed by atoms with Crippen LogP contribution in [0.2, 0.25) is 0 Å². The number of benzene rings is 2. The normalized spacial score (nSPS) is 11.1. The molecule has 0 spiro atoms. The average Bonchev–Trinajstić information content (AvgIpc) is 3.40. The number of hydrogen-bond donors (Lipinski definition) is 2. The van der Waals surface area contributed by atoms with Gasteiger partial charge < -0.3 is 19.7 Å². The zero-order chi connectivity index (χ0) is 23.1. The minimum atomic E-state index is -1.01. The zero-order valence-electron chi connectivity index (χ0n) is 17.8. The van der Waals surface area contributed by atoms with Crippen molar-refractivity contribution < 1.29 is 19.4 Å². The molecule has 8 heteroatoms. The van der Waals surface area contributed by atoms with Crippen molar-refractivity contribution in [3.63, 3.8) is 0 Å². The van der Waals surface area contributed by atoms with E-state index in [1.54, 1.807) is 19.4 Å². The number of hydrogen-bond acceptors (Lipinski definition) is 5. The number of methoxy groups -OCH3 is 1. The quantitative estimate of drug-likeness (QED) is 0.368. The monoisotopic (exact) mass is 457 g/mol. The van der Waals surface area contributed by atoms with Crippen LogP contribution in [0.25, 0.3) is 31.4 Å². The number of nitrogens with zero attached hydrogens (tertiary/aromatic N) is 2. The number of carboxylic acid groups (broad SMARTS) is 1. The third kappa shape index (κ3) is 3.60. The van der Waals surface area contributed by atoms with Crippen molar-refractivity contribution in [2.75, 3.05) is 12.4 Å². The van der Waals surface area contributed by atoms with E-state index >= 15 is 0 Å². The maximum atomic E-state index is 13.0. The van der Waals surface area contributed by atoms with Crippen LogP contribution in [0.5, 0.6) is 5.75 Å². The molecule has 0 saturated carbocycles. The molecule has 0 saturated heterocycles. The van der Waals surface area contributed by atoms with Gasteiger partial charge in [0.15, 0.2) is 0 Å². The Labute approximate surface area is 192 Å². The summed E-state index contributed by atoms with van der Waals surface area (Å²) in [7, 11) is 3.40. The molecule has 2 N–H and O–H groups in total. The summed E-state index contributed by atoms with van der Waals surface area (Å²) in [6.07, 6.45) is 3.01. The fourth-order valence-corrected chi connectivity index (χ4v) is 5.03. The van der Waals surface area contributed by atoms with Crippen LogP contribution in [0.1, 0.15) is 20.8 Å². The largest absolute Gasteiger partial charge is 0.495 e. The van der Waals surface area contributed by atoms with Gasteiger partial charge in [-0.05, 0) is 35.9 Å². The average molecular weight is 458 g/mol. The number of ether oxygens (including phenoxy) is 1. The SMILES string of the molecule is COc1cc(-c2cc3cncc(C(=O)O)c3s2)ccc1NC(=O)c1cc2ccccc2n1C. The Morgan fingerprint density at radius 1 is 1.06 bits per heavy atom. The van der Waals surface area contributed by atoms with E-state index in [-0.39, 0.29) is 11.5 Å². The summed E-state index contributed by atoms with van der Waals surface area (Å²) in [5.74, 6) is -0.738. The molecular formula is C25H19N3O4S. The highest BCUT2D eigenvalue weighted by atomic mass is 32.1. The number of aromatic carboxylic acids is 1. The van der Waals surface area contributed by atoms with E-state index in [4.69, 9.17) is 4.74 Å². The van der Waals surface area contributed by atoms with Gasteiger partial charge in [-0.15, -0.1) is 11.3 Å². The molecule has 0 fully saturated rings. The molecule has 7 nitrogen and oxygen atoms in total. The third-order valence-corrected chi connectivity index (χ3v) is 6.80. The van der Waals surface area contributed by atoms with E-state index in [0.29, 0.717) is 21.8 Å². The maximum Gasteiger partial charge on any atom is 0.338 e. The van der Waals surface area contributed by atoms with Gasteiger partial charge in [0.1, 0.15) is 11.4 Å². The van der Waals surface area contributed by atoms with Crippen molar-refractivity contribution in [1.82, 2.24) is 9.55 Å². The Kier molecular flexibility index (Phi) is 5.07. The smallest absolute Gasteiger partial charge is 0.338 e. The van der Waals surface area contributed by atoms with Crippen LogP contribution in [-0.2, 0) is 7.05 Å². The molecule has 5 aromatic rings. The van der Waals surface area contributed by atoms with Gasteiger partial charge in [0, 0.05) is 40.6 Å². The number of carbonyl (C=O) groups is 2. The molecule has 33 heavy (non-hydrogen) atoms. The van der Waals surface area contributed by atoms with Crippen LogP contribution in [0.15, 0.2) is 67.0 Å². The number of para-hydroxylation sites is 1. The van der Waals surface area contributed by atoms with Gasteiger partial charge in [0.2, 0.25) is 0 Å². The van der Waals surface area contributed by atoms with Crippen LogP contribution in [0, 0.1) is 0 Å². The number of pyridine rings is 1. The molecule has 0 radical (unpaired) electrons. The summed E-state index contributed by atoms with van der Waals surface area (Å²) < 4.78 is 8.07. The number of aryl methyl sites for hydroxylation is 1. The molecule has 1 amide bonds. The Bertz CT molecular complexity index is 1550. The summed E-state index contributed by atoms with van der Waals surface area (Å²) in [6.45, 7) is 0. The van der Waals surface area contributed by atoms with E-state index in [2.05, 4.69) is 10.3 Å². The van der Waals surface area contributed by atoms with Gasteiger partial charge in [-0.2, -0.15) is 0 Å². The standard InChI is InChI=1S/C25H19N3O4S/c1-28-19-6-4-3-5-14(19)9-20(28)24(29)27-18-8-7-15(10-21(18)32-2)22-11-16-12-26-13-17(25(30)31)23(16)33-22/h3-13H,1-2H3,(H,27,29)(H,30,31). The summed E-state index contributed by atoms with van der Waals surface area (Å²) in [5, 5.41) is 14.1. The van der Waals surface area contributed by atoms with E-state index in [0.717, 1.165) is 26.7 Å². The van der Waals surface area contributed by atoms with E-state index in [1.807, 2.05) is 60.1 Å². The lowest BCUT2D eigenvalue weighted by molar-refractivity contribution is 0.0698. The van der Waals surface area contributed by atoms with Crippen LogP contribution >= 0.6 is 11.3 Å². The number of carbonyl (C=O) groups excluding carboxylic acids is 1. The Balaban J connectivity index is 1.48. The molecule has 2 aromatic carbocycles. The summed E-state index contributed by atoms with van der Waals surface area (Å²) in [4.78, 5) is 29.4. The van der Waals surface area contributed by atoms with Gasteiger partial charge in [0.05, 0.1) is 23.1 Å². The van der Waals surface area contributed by atoms with Gasteiger partial charge in [0.25, 0.3) is 5.91 Å². The van der Waals surface area contributed by atoms with Crippen molar-refractivity contribution in [1.29, 1.82) is 0 Å². The van der Waals surface area contributed by atoms with Gasteiger partial charge in [-0.1, -0.05) is 24.3 Å². The molecule has 3 aromatic heterocycles. The van der Waals surface area contributed by atoms with Gasteiger partial charge in [-0.3, -0.25) is 9.78 Å².